The van der Waals surface area contributed by atoms with Crippen molar-refractivity contribution < 1.29 is 18.4 Å². The molecule has 1 aliphatic rings. The highest BCUT2D eigenvalue weighted by atomic mass is 19.1. The van der Waals surface area contributed by atoms with Gasteiger partial charge in [-0.25, -0.2) is 4.39 Å². The summed E-state index contributed by atoms with van der Waals surface area (Å²) in [6.45, 7) is 2.79. The Hall–Kier alpha value is -3.22. The summed E-state index contributed by atoms with van der Waals surface area (Å²) in [6.07, 6.45) is 3.14. The number of aryl methyl sites for hydroxylation is 1. The molecule has 1 aromatic heterocycles. The highest BCUT2D eigenvalue weighted by molar-refractivity contribution is 5.79. The summed E-state index contributed by atoms with van der Waals surface area (Å²) in [4.78, 5) is 19.3. The van der Waals surface area contributed by atoms with E-state index in [0.29, 0.717) is 30.4 Å². The van der Waals surface area contributed by atoms with Crippen molar-refractivity contribution in [2.24, 2.45) is 0 Å². The smallest absolute Gasteiger partial charge is 0.264 e. The summed E-state index contributed by atoms with van der Waals surface area (Å²) in [5.74, 6) is 1.09. The molecule has 1 saturated heterocycles. The predicted molar refractivity (Wildman–Crippen MR) is 108 cm³/mol. The van der Waals surface area contributed by atoms with Crippen molar-refractivity contribution in [2.45, 2.75) is 45.3 Å². The molecule has 6 nitrogen and oxygen atoms in total. The summed E-state index contributed by atoms with van der Waals surface area (Å²) in [5, 5.41) is 4.10. The van der Waals surface area contributed by atoms with Gasteiger partial charge in [0, 0.05) is 6.54 Å². The highest BCUT2D eigenvalue weighted by Gasteiger charge is 2.31. The van der Waals surface area contributed by atoms with Gasteiger partial charge in [-0.1, -0.05) is 35.0 Å². The van der Waals surface area contributed by atoms with Gasteiger partial charge in [-0.2, -0.15) is 4.98 Å². The molecular weight excluding hydrogens is 385 g/mol. The summed E-state index contributed by atoms with van der Waals surface area (Å²) < 4.78 is 23.9. The van der Waals surface area contributed by atoms with Gasteiger partial charge in [0.25, 0.3) is 5.89 Å². The first-order valence-corrected chi connectivity index (χ1v) is 10.1. The second kappa shape index (κ2) is 9.07. The van der Waals surface area contributed by atoms with E-state index in [2.05, 4.69) is 10.1 Å². The lowest BCUT2D eigenvalue weighted by atomic mass is 10.00. The first-order chi connectivity index (χ1) is 14.6. The maximum absolute atomic E-state index is 13.0. The number of nitrogens with zero attached hydrogens (tertiary/aromatic N) is 3. The van der Waals surface area contributed by atoms with E-state index >= 15 is 0 Å². The minimum Gasteiger partial charge on any atom is -0.484 e. The quantitative estimate of drug-likeness (QED) is 0.604. The van der Waals surface area contributed by atoms with Crippen molar-refractivity contribution >= 4 is 5.91 Å². The van der Waals surface area contributed by atoms with Crippen LogP contribution in [0.1, 0.15) is 48.1 Å². The molecule has 3 aromatic rings. The van der Waals surface area contributed by atoms with Gasteiger partial charge >= 0.3 is 0 Å². The zero-order chi connectivity index (χ0) is 20.9. The van der Waals surface area contributed by atoms with E-state index in [1.54, 1.807) is 12.1 Å². The standard InChI is InChI=1S/C23H24FN3O3/c1-16-5-4-6-17(13-16)14-22(28)27-12-3-2-7-20(27)23-25-21(30-26-23)15-29-19-10-8-18(24)9-11-19/h4-6,8-11,13,20H,2-3,7,12,14-15H2,1H3. The zero-order valence-electron chi connectivity index (χ0n) is 16.9. The number of carbonyl (C=O) groups is 1. The minimum absolute atomic E-state index is 0.0687. The first-order valence-electron chi connectivity index (χ1n) is 10.1. The van der Waals surface area contributed by atoms with Crippen molar-refractivity contribution in [3.63, 3.8) is 0 Å². The van der Waals surface area contributed by atoms with E-state index in [1.165, 1.54) is 12.1 Å². The van der Waals surface area contributed by atoms with Gasteiger partial charge in [0.1, 0.15) is 11.6 Å². The van der Waals surface area contributed by atoms with E-state index < -0.39 is 0 Å². The van der Waals surface area contributed by atoms with E-state index in [4.69, 9.17) is 9.26 Å². The molecule has 156 valence electrons. The fourth-order valence-corrected chi connectivity index (χ4v) is 3.73. The van der Waals surface area contributed by atoms with Crippen molar-refractivity contribution in [1.29, 1.82) is 0 Å². The molecular formula is C23H24FN3O3. The van der Waals surface area contributed by atoms with E-state index in [1.807, 2.05) is 36.1 Å². The third-order valence-electron chi connectivity index (χ3n) is 5.22. The van der Waals surface area contributed by atoms with Gasteiger partial charge in [-0.3, -0.25) is 4.79 Å². The normalized spacial score (nSPS) is 16.5. The Kier molecular flexibility index (Phi) is 6.07. The van der Waals surface area contributed by atoms with E-state index in [9.17, 15) is 9.18 Å². The average Bonchev–Trinajstić information content (AvgIpc) is 3.22. The number of amides is 1. The molecule has 0 spiro atoms. The van der Waals surface area contributed by atoms with Crippen molar-refractivity contribution in [2.75, 3.05) is 6.54 Å². The number of aromatic nitrogens is 2. The molecule has 0 saturated carbocycles. The summed E-state index contributed by atoms with van der Waals surface area (Å²) in [7, 11) is 0. The Balaban J connectivity index is 1.42. The van der Waals surface area contributed by atoms with Crippen LogP contribution in [0.3, 0.4) is 0 Å². The molecule has 1 unspecified atom stereocenters. The molecule has 30 heavy (non-hydrogen) atoms. The number of carbonyl (C=O) groups excluding carboxylic acids is 1. The van der Waals surface area contributed by atoms with Crippen LogP contribution in [0.15, 0.2) is 53.1 Å². The van der Waals surface area contributed by atoms with Gasteiger partial charge in [0.15, 0.2) is 12.4 Å². The van der Waals surface area contributed by atoms with Gasteiger partial charge in [0.05, 0.1) is 12.5 Å². The lowest BCUT2D eigenvalue weighted by molar-refractivity contribution is -0.134. The van der Waals surface area contributed by atoms with Gasteiger partial charge < -0.3 is 14.2 Å². The molecule has 0 N–H and O–H groups in total. The second-order valence-electron chi connectivity index (χ2n) is 7.55. The molecule has 0 aliphatic carbocycles. The Morgan fingerprint density at radius 3 is 2.87 bits per heavy atom. The van der Waals surface area contributed by atoms with Crippen molar-refractivity contribution in [1.82, 2.24) is 15.0 Å². The average molecular weight is 409 g/mol. The van der Waals surface area contributed by atoms with Crippen LogP contribution in [0.2, 0.25) is 0 Å². The number of rotatable bonds is 6. The molecule has 1 amide bonds. The van der Waals surface area contributed by atoms with Crippen LogP contribution in [-0.4, -0.2) is 27.5 Å². The van der Waals surface area contributed by atoms with Crippen molar-refractivity contribution in [3.05, 3.63) is 77.2 Å². The van der Waals surface area contributed by atoms with Gasteiger partial charge in [-0.15, -0.1) is 0 Å². The molecule has 0 radical (unpaired) electrons. The van der Waals surface area contributed by atoms with E-state index in [-0.39, 0.29) is 24.4 Å². The number of likely N-dealkylation sites (tertiary alicyclic amines) is 1. The van der Waals surface area contributed by atoms with Crippen molar-refractivity contribution in [3.8, 4) is 5.75 Å². The fraction of sp³-hybridized carbons (Fsp3) is 0.348. The molecule has 2 heterocycles. The fourth-order valence-electron chi connectivity index (χ4n) is 3.73. The first kappa shape index (κ1) is 20.1. The third kappa shape index (κ3) is 4.84. The number of ether oxygens (including phenoxy) is 1. The lowest BCUT2D eigenvalue weighted by Crippen LogP contribution is -2.39. The number of hydrogen-bond acceptors (Lipinski definition) is 5. The molecule has 4 rings (SSSR count). The molecule has 2 aromatic carbocycles. The number of piperidine rings is 1. The topological polar surface area (TPSA) is 68.5 Å². The molecule has 1 fully saturated rings. The SMILES string of the molecule is Cc1cccc(CC(=O)N2CCCCC2c2noc(COc3ccc(F)cc3)n2)c1. The second-order valence-corrected chi connectivity index (χ2v) is 7.55. The summed E-state index contributed by atoms with van der Waals surface area (Å²) >= 11 is 0. The molecule has 1 aliphatic heterocycles. The monoisotopic (exact) mass is 409 g/mol. The van der Waals surface area contributed by atoms with Crippen LogP contribution in [0.5, 0.6) is 5.75 Å². The Labute approximate surface area is 174 Å². The Morgan fingerprint density at radius 2 is 2.07 bits per heavy atom. The Bertz CT molecular complexity index is 1000. The number of benzene rings is 2. The van der Waals surface area contributed by atoms with Crippen LogP contribution in [0.25, 0.3) is 0 Å². The number of hydrogen-bond donors (Lipinski definition) is 0. The predicted octanol–water partition coefficient (Wildman–Crippen LogP) is 4.39. The molecule has 1 atom stereocenters. The number of halogens is 1. The van der Waals surface area contributed by atoms with Crippen LogP contribution in [0.4, 0.5) is 4.39 Å². The third-order valence-corrected chi connectivity index (χ3v) is 5.22. The van der Waals surface area contributed by atoms with Gasteiger partial charge in [-0.05, 0) is 56.0 Å². The van der Waals surface area contributed by atoms with Crippen LogP contribution < -0.4 is 4.74 Å². The largest absolute Gasteiger partial charge is 0.484 e. The minimum atomic E-state index is -0.324. The Morgan fingerprint density at radius 1 is 1.23 bits per heavy atom. The zero-order valence-corrected chi connectivity index (χ0v) is 16.9. The lowest BCUT2D eigenvalue weighted by Gasteiger charge is -2.34. The maximum Gasteiger partial charge on any atom is 0.264 e. The highest BCUT2D eigenvalue weighted by Crippen LogP contribution is 2.30. The van der Waals surface area contributed by atoms with Crippen LogP contribution in [-0.2, 0) is 17.8 Å². The van der Waals surface area contributed by atoms with Crippen LogP contribution >= 0.6 is 0 Å². The van der Waals surface area contributed by atoms with Crippen LogP contribution in [0, 0.1) is 12.7 Å². The summed E-state index contributed by atoms with van der Waals surface area (Å²) in [6, 6.07) is 13.5. The molecule has 7 heteroatoms. The molecule has 0 bridgehead atoms. The van der Waals surface area contributed by atoms with Gasteiger partial charge in [0.2, 0.25) is 5.91 Å². The maximum atomic E-state index is 13.0. The van der Waals surface area contributed by atoms with E-state index in [0.717, 1.165) is 30.4 Å². The summed E-state index contributed by atoms with van der Waals surface area (Å²) in [5.41, 5.74) is 2.14.